The van der Waals surface area contributed by atoms with Gasteiger partial charge in [-0.2, -0.15) is 0 Å². The van der Waals surface area contributed by atoms with Gasteiger partial charge in [-0.25, -0.2) is 0 Å². The van der Waals surface area contributed by atoms with Gasteiger partial charge in [-0.05, 0) is 73.0 Å². The molecule has 2 N–H and O–H groups in total. The Morgan fingerprint density at radius 2 is 1.62 bits per heavy atom. The van der Waals surface area contributed by atoms with Gasteiger partial charge >= 0.3 is 0 Å². The Morgan fingerprint density at radius 1 is 0.941 bits per heavy atom. The molecule has 0 bridgehead atoms. The molecule has 0 spiro atoms. The molecule has 174 valence electrons. The standard InChI is InChI=1S/C26H21Cl2NO5/c1-13-8-14(2)10-17(9-13)29-23(15-5-7-20(30)19(28)11-15)22(25(32)26(29)33)24(31)16-4-6-18(27)21(12-16)34-3/h4-12,23,30-31H,1-3H3/b24-22-. The molecule has 0 aromatic heterocycles. The number of phenols is 1. The minimum absolute atomic E-state index is 0.0525. The summed E-state index contributed by atoms with van der Waals surface area (Å²) in [6.07, 6.45) is 0. The lowest BCUT2D eigenvalue weighted by Gasteiger charge is -2.26. The highest BCUT2D eigenvalue weighted by Gasteiger charge is 2.47. The zero-order valence-electron chi connectivity index (χ0n) is 18.6. The van der Waals surface area contributed by atoms with Crippen molar-refractivity contribution in [2.24, 2.45) is 0 Å². The second kappa shape index (κ2) is 9.05. The zero-order valence-corrected chi connectivity index (χ0v) is 20.1. The van der Waals surface area contributed by atoms with Gasteiger partial charge in [0.05, 0.1) is 28.8 Å². The maximum Gasteiger partial charge on any atom is 0.300 e. The van der Waals surface area contributed by atoms with Crippen molar-refractivity contribution in [2.75, 3.05) is 12.0 Å². The topological polar surface area (TPSA) is 87.1 Å². The van der Waals surface area contributed by atoms with Crippen LogP contribution >= 0.6 is 23.2 Å². The fourth-order valence-corrected chi connectivity index (χ4v) is 4.54. The number of phenolic OH excluding ortho intramolecular Hbond substituents is 1. The van der Waals surface area contributed by atoms with Crippen LogP contribution in [0.5, 0.6) is 11.5 Å². The van der Waals surface area contributed by atoms with Gasteiger partial charge in [0.2, 0.25) is 0 Å². The van der Waals surface area contributed by atoms with E-state index >= 15 is 0 Å². The normalized spacial score (nSPS) is 17.3. The number of halogens is 2. The summed E-state index contributed by atoms with van der Waals surface area (Å²) in [7, 11) is 1.43. The number of benzene rings is 3. The Morgan fingerprint density at radius 3 is 2.24 bits per heavy atom. The molecule has 1 atom stereocenters. The maximum absolute atomic E-state index is 13.3. The van der Waals surface area contributed by atoms with Crippen LogP contribution in [0, 0.1) is 13.8 Å². The average molecular weight is 498 g/mol. The monoisotopic (exact) mass is 497 g/mol. The van der Waals surface area contributed by atoms with Crippen molar-refractivity contribution >= 4 is 46.3 Å². The smallest absolute Gasteiger partial charge is 0.300 e. The number of aryl methyl sites for hydroxylation is 2. The number of rotatable bonds is 4. The van der Waals surface area contributed by atoms with Crippen molar-refractivity contribution in [1.82, 2.24) is 0 Å². The van der Waals surface area contributed by atoms with E-state index in [4.69, 9.17) is 27.9 Å². The molecule has 0 saturated carbocycles. The number of Topliss-reactive ketones (excluding diaryl/α,β-unsaturated/α-hetero) is 1. The van der Waals surface area contributed by atoms with Crippen molar-refractivity contribution in [3.63, 3.8) is 0 Å². The van der Waals surface area contributed by atoms with Crippen LogP contribution in [-0.2, 0) is 9.59 Å². The highest BCUT2D eigenvalue weighted by molar-refractivity contribution is 6.51. The number of carbonyl (C=O) groups excluding carboxylic acids is 2. The third kappa shape index (κ3) is 4.11. The van der Waals surface area contributed by atoms with Gasteiger partial charge in [-0.15, -0.1) is 0 Å². The summed E-state index contributed by atoms with van der Waals surface area (Å²) in [4.78, 5) is 27.9. The Hall–Kier alpha value is -3.48. The molecule has 6 nitrogen and oxygen atoms in total. The second-order valence-electron chi connectivity index (χ2n) is 8.08. The number of aliphatic hydroxyl groups excluding tert-OH is 1. The van der Waals surface area contributed by atoms with E-state index in [2.05, 4.69) is 0 Å². The van der Waals surface area contributed by atoms with Crippen LogP contribution in [0.1, 0.15) is 28.3 Å². The second-order valence-corrected chi connectivity index (χ2v) is 8.89. The number of anilines is 1. The summed E-state index contributed by atoms with van der Waals surface area (Å²) in [5.74, 6) is -1.86. The molecule has 4 rings (SSSR count). The van der Waals surface area contributed by atoms with E-state index in [0.717, 1.165) is 11.1 Å². The van der Waals surface area contributed by atoms with E-state index in [1.165, 1.54) is 42.3 Å². The molecule has 34 heavy (non-hydrogen) atoms. The lowest BCUT2D eigenvalue weighted by molar-refractivity contribution is -0.132. The van der Waals surface area contributed by atoms with Crippen LogP contribution in [-0.4, -0.2) is 29.0 Å². The number of ketones is 1. The molecule has 8 heteroatoms. The SMILES string of the molecule is COc1cc(/C(O)=C2/C(=O)C(=O)N(c3cc(C)cc(C)c3)C2c2ccc(O)c(Cl)c2)ccc1Cl. The third-order valence-corrected chi connectivity index (χ3v) is 6.26. The summed E-state index contributed by atoms with van der Waals surface area (Å²) in [5.41, 5.74) is 2.90. The number of aromatic hydroxyl groups is 1. The summed E-state index contributed by atoms with van der Waals surface area (Å²) < 4.78 is 5.23. The van der Waals surface area contributed by atoms with E-state index in [1.807, 2.05) is 19.9 Å². The van der Waals surface area contributed by atoms with Crippen molar-refractivity contribution in [2.45, 2.75) is 19.9 Å². The van der Waals surface area contributed by atoms with Crippen LogP contribution in [0.2, 0.25) is 10.0 Å². The third-order valence-electron chi connectivity index (χ3n) is 5.64. The minimum Gasteiger partial charge on any atom is -0.507 e. The van der Waals surface area contributed by atoms with Gasteiger partial charge in [-0.3, -0.25) is 14.5 Å². The highest BCUT2D eigenvalue weighted by Crippen LogP contribution is 2.44. The van der Waals surface area contributed by atoms with Gasteiger partial charge in [0, 0.05) is 11.3 Å². The molecular formula is C26H21Cl2NO5. The fourth-order valence-electron chi connectivity index (χ4n) is 4.16. The van der Waals surface area contributed by atoms with Crippen molar-refractivity contribution < 1.29 is 24.5 Å². The predicted octanol–water partition coefficient (Wildman–Crippen LogP) is 5.95. The largest absolute Gasteiger partial charge is 0.507 e. The number of carbonyl (C=O) groups is 2. The maximum atomic E-state index is 13.3. The number of aliphatic hydroxyl groups is 1. The van der Waals surface area contributed by atoms with E-state index in [-0.39, 0.29) is 27.7 Å². The van der Waals surface area contributed by atoms with Crippen LogP contribution in [0.3, 0.4) is 0 Å². The Balaban J connectivity index is 1.99. The van der Waals surface area contributed by atoms with Crippen molar-refractivity contribution in [1.29, 1.82) is 0 Å². The summed E-state index contributed by atoms with van der Waals surface area (Å²) in [6, 6.07) is 13.5. The quantitative estimate of drug-likeness (QED) is 0.264. The lowest BCUT2D eigenvalue weighted by Crippen LogP contribution is -2.29. The van der Waals surface area contributed by atoms with Gasteiger partial charge in [-0.1, -0.05) is 35.3 Å². The molecular weight excluding hydrogens is 477 g/mol. The van der Waals surface area contributed by atoms with E-state index < -0.39 is 17.7 Å². The van der Waals surface area contributed by atoms with Gasteiger partial charge in [0.1, 0.15) is 17.3 Å². The number of hydrogen-bond donors (Lipinski definition) is 2. The number of nitrogens with zero attached hydrogens (tertiary/aromatic N) is 1. The Labute approximate surface area is 206 Å². The fraction of sp³-hybridized carbons (Fsp3) is 0.154. The molecule has 1 aliphatic rings. The molecule has 1 heterocycles. The molecule has 1 unspecified atom stereocenters. The first kappa shape index (κ1) is 23.7. The van der Waals surface area contributed by atoms with Crippen LogP contribution in [0.25, 0.3) is 5.76 Å². The Bertz CT molecular complexity index is 1350. The van der Waals surface area contributed by atoms with Gasteiger partial charge in [0.15, 0.2) is 0 Å². The first-order chi connectivity index (χ1) is 16.1. The summed E-state index contributed by atoms with van der Waals surface area (Å²) in [6.45, 7) is 3.78. The van der Waals surface area contributed by atoms with Crippen molar-refractivity contribution in [3.8, 4) is 11.5 Å². The molecule has 3 aromatic carbocycles. The molecule has 1 aliphatic heterocycles. The first-order valence-corrected chi connectivity index (χ1v) is 11.1. The van der Waals surface area contributed by atoms with Gasteiger partial charge < -0.3 is 14.9 Å². The van der Waals surface area contributed by atoms with Crippen LogP contribution in [0.15, 0.2) is 60.2 Å². The molecule has 1 fully saturated rings. The lowest BCUT2D eigenvalue weighted by atomic mass is 9.94. The predicted molar refractivity (Wildman–Crippen MR) is 132 cm³/mol. The number of ether oxygens (including phenoxy) is 1. The summed E-state index contributed by atoms with van der Waals surface area (Å²) >= 11 is 12.3. The van der Waals surface area contributed by atoms with Crippen molar-refractivity contribution in [3.05, 3.63) is 92.5 Å². The number of methoxy groups -OCH3 is 1. The van der Waals surface area contributed by atoms with E-state index in [9.17, 15) is 19.8 Å². The zero-order chi connectivity index (χ0) is 24.7. The summed E-state index contributed by atoms with van der Waals surface area (Å²) in [5, 5.41) is 21.5. The number of hydrogen-bond acceptors (Lipinski definition) is 5. The highest BCUT2D eigenvalue weighted by atomic mass is 35.5. The average Bonchev–Trinajstić information content (AvgIpc) is 3.05. The van der Waals surface area contributed by atoms with Gasteiger partial charge in [0.25, 0.3) is 11.7 Å². The molecule has 3 aromatic rings. The number of amides is 1. The Kier molecular flexibility index (Phi) is 6.30. The molecule has 0 aliphatic carbocycles. The molecule has 1 saturated heterocycles. The van der Waals surface area contributed by atoms with Crippen LogP contribution < -0.4 is 9.64 Å². The van der Waals surface area contributed by atoms with E-state index in [0.29, 0.717) is 22.0 Å². The minimum atomic E-state index is -0.985. The molecule has 0 radical (unpaired) electrons. The first-order valence-electron chi connectivity index (χ1n) is 10.3. The molecule has 1 amide bonds. The van der Waals surface area contributed by atoms with Crippen LogP contribution in [0.4, 0.5) is 5.69 Å². The van der Waals surface area contributed by atoms with E-state index in [1.54, 1.807) is 18.2 Å².